The molecule has 0 aromatic heterocycles. The lowest BCUT2D eigenvalue weighted by molar-refractivity contribution is -0.121. The number of hydrogen-bond donors (Lipinski definition) is 4. The van der Waals surface area contributed by atoms with E-state index in [2.05, 4.69) is 10.6 Å². The molecule has 0 radical (unpaired) electrons. The van der Waals surface area contributed by atoms with Gasteiger partial charge in [-0.3, -0.25) is 14.4 Å². The zero-order chi connectivity index (χ0) is 30.3. The van der Waals surface area contributed by atoms with Gasteiger partial charge in [0, 0.05) is 64.8 Å². The van der Waals surface area contributed by atoms with Gasteiger partial charge in [-0.05, 0) is 48.4 Å². The summed E-state index contributed by atoms with van der Waals surface area (Å²) in [5.41, 5.74) is 11.4. The van der Waals surface area contributed by atoms with Crippen molar-refractivity contribution in [2.24, 2.45) is 0 Å². The first-order valence-corrected chi connectivity index (χ1v) is 14.4. The number of carbonyl (C=O) groups excluding carboxylic acids is 3. The number of Topliss-reactive ketones (excluding diaryl/α,β-unsaturated/α-hetero) is 2. The van der Waals surface area contributed by atoms with Gasteiger partial charge in [0.25, 0.3) is 0 Å². The topological polar surface area (TPSA) is 138 Å². The van der Waals surface area contributed by atoms with E-state index in [0.717, 1.165) is 40.6 Å². The predicted octanol–water partition coefficient (Wildman–Crippen LogP) is 5.73. The molecule has 43 heavy (non-hydrogen) atoms. The second-order valence-corrected chi connectivity index (χ2v) is 10.5. The van der Waals surface area contributed by atoms with Gasteiger partial charge in [-0.1, -0.05) is 55.5 Å². The Balaban J connectivity index is 1.29. The van der Waals surface area contributed by atoms with Crippen LogP contribution in [-0.4, -0.2) is 30.6 Å². The fraction of sp³-hybridized carbons (Fsp3) is 0.200. The third kappa shape index (κ3) is 6.88. The van der Waals surface area contributed by atoms with Crippen LogP contribution in [0.1, 0.15) is 52.5 Å². The summed E-state index contributed by atoms with van der Waals surface area (Å²) >= 11 is 0. The first kappa shape index (κ1) is 29.4. The number of ketones is 2. The molecule has 0 bridgehead atoms. The molecule has 2 aliphatic rings. The standard InChI is InChI=1S/C35H34N4O4/c1-2-17-38-21-31(41)23-9-7-22(8-10-23)20-39-34(42)16-15-30(40)26-5-3-4-6-27(26)35-28-13-11-24(36)18-32(28)43-33-19-25(37)12-14-29(33)35/h3-14,18-19,36,38H,2,15-17,20-21,37H2,1H3,(H,39,42). The second-order valence-electron chi connectivity index (χ2n) is 10.5. The molecular formula is C35H34N4O4. The Morgan fingerprint density at radius 2 is 1.65 bits per heavy atom. The summed E-state index contributed by atoms with van der Waals surface area (Å²) < 4.78 is 6.09. The van der Waals surface area contributed by atoms with Crippen molar-refractivity contribution in [1.82, 2.24) is 10.6 Å². The van der Waals surface area contributed by atoms with Gasteiger partial charge < -0.3 is 26.2 Å². The van der Waals surface area contributed by atoms with Gasteiger partial charge in [-0.15, -0.1) is 0 Å². The van der Waals surface area contributed by atoms with E-state index in [1.54, 1.807) is 42.5 Å². The van der Waals surface area contributed by atoms with Crippen LogP contribution < -0.4 is 21.7 Å². The Kier molecular flexibility index (Phi) is 9.08. The summed E-state index contributed by atoms with van der Waals surface area (Å²) in [7, 11) is 0. The van der Waals surface area contributed by atoms with Crippen molar-refractivity contribution in [3.05, 3.63) is 107 Å². The Morgan fingerprint density at radius 1 is 0.860 bits per heavy atom. The first-order chi connectivity index (χ1) is 20.8. The maximum atomic E-state index is 13.5. The monoisotopic (exact) mass is 574 g/mol. The highest BCUT2D eigenvalue weighted by Crippen LogP contribution is 2.41. The average Bonchev–Trinajstić information content (AvgIpc) is 3.01. The maximum absolute atomic E-state index is 13.5. The quantitative estimate of drug-likeness (QED) is 0.0650. The number of hydrogen-bond acceptors (Lipinski definition) is 7. The Morgan fingerprint density at radius 3 is 2.44 bits per heavy atom. The van der Waals surface area contributed by atoms with Crippen LogP contribution in [0.2, 0.25) is 0 Å². The minimum atomic E-state index is -0.234. The number of anilines is 1. The van der Waals surface area contributed by atoms with E-state index in [9.17, 15) is 14.4 Å². The Hall–Kier alpha value is -5.08. The molecular weight excluding hydrogens is 540 g/mol. The maximum Gasteiger partial charge on any atom is 0.220 e. The number of nitrogens with one attached hydrogen (secondary N) is 3. The summed E-state index contributed by atoms with van der Waals surface area (Å²) in [6.45, 7) is 3.45. The highest BCUT2D eigenvalue weighted by atomic mass is 16.3. The zero-order valence-electron chi connectivity index (χ0n) is 24.0. The lowest BCUT2D eigenvalue weighted by Crippen LogP contribution is -2.24. The number of benzene rings is 4. The van der Waals surface area contributed by atoms with Gasteiger partial charge in [0.05, 0.1) is 11.9 Å². The average molecular weight is 575 g/mol. The van der Waals surface area contributed by atoms with Crippen LogP contribution in [0.15, 0.2) is 89.3 Å². The number of rotatable bonds is 12. The molecule has 0 spiro atoms. The summed E-state index contributed by atoms with van der Waals surface area (Å²) in [5, 5.41) is 15.1. The van der Waals surface area contributed by atoms with Crippen molar-refractivity contribution in [3.8, 4) is 22.5 Å². The van der Waals surface area contributed by atoms with Crippen molar-refractivity contribution in [2.75, 3.05) is 18.8 Å². The summed E-state index contributed by atoms with van der Waals surface area (Å²) in [6, 6.07) is 25.1. The minimum absolute atomic E-state index is 0.0268. The van der Waals surface area contributed by atoms with Gasteiger partial charge in [0.1, 0.15) is 11.3 Å². The normalized spacial score (nSPS) is 11.1. The van der Waals surface area contributed by atoms with Gasteiger partial charge in [0.15, 0.2) is 11.6 Å². The highest BCUT2D eigenvalue weighted by molar-refractivity contribution is 6.10. The molecule has 5 rings (SSSR count). The molecule has 8 nitrogen and oxygen atoms in total. The van der Waals surface area contributed by atoms with Gasteiger partial charge in [-0.25, -0.2) is 0 Å². The van der Waals surface area contributed by atoms with E-state index in [1.807, 2.05) is 49.4 Å². The molecule has 218 valence electrons. The molecule has 5 N–H and O–H groups in total. The predicted molar refractivity (Wildman–Crippen MR) is 168 cm³/mol. The lowest BCUT2D eigenvalue weighted by atomic mass is 9.89. The third-order valence-corrected chi connectivity index (χ3v) is 7.30. The van der Waals surface area contributed by atoms with Crippen LogP contribution in [0.3, 0.4) is 0 Å². The lowest BCUT2D eigenvalue weighted by Gasteiger charge is -2.17. The highest BCUT2D eigenvalue weighted by Gasteiger charge is 2.21. The van der Waals surface area contributed by atoms with Crippen LogP contribution in [0.5, 0.6) is 0 Å². The van der Waals surface area contributed by atoms with E-state index in [1.165, 1.54) is 0 Å². The molecule has 1 aliphatic carbocycles. The molecule has 0 unspecified atom stereocenters. The van der Waals surface area contributed by atoms with Crippen molar-refractivity contribution in [2.45, 2.75) is 32.7 Å². The third-order valence-electron chi connectivity index (χ3n) is 7.30. The number of fused-ring (bicyclic) bond motifs is 2. The number of nitrogens with two attached hydrogens (primary N) is 1. The van der Waals surface area contributed by atoms with Crippen LogP contribution >= 0.6 is 0 Å². The first-order valence-electron chi connectivity index (χ1n) is 14.4. The van der Waals surface area contributed by atoms with E-state index >= 15 is 0 Å². The van der Waals surface area contributed by atoms with Gasteiger partial charge in [0.2, 0.25) is 5.91 Å². The number of carbonyl (C=O) groups is 3. The summed E-state index contributed by atoms with van der Waals surface area (Å²) in [5.74, 6) is 0.161. The van der Waals surface area contributed by atoms with Crippen molar-refractivity contribution in [3.63, 3.8) is 0 Å². The van der Waals surface area contributed by atoms with Crippen molar-refractivity contribution in [1.29, 1.82) is 5.41 Å². The molecule has 1 heterocycles. The minimum Gasteiger partial charge on any atom is -0.456 e. The molecule has 1 amide bonds. The molecule has 0 atom stereocenters. The van der Waals surface area contributed by atoms with E-state index in [0.29, 0.717) is 46.6 Å². The number of amides is 1. The number of nitrogen functional groups attached to an aromatic ring is 1. The van der Waals surface area contributed by atoms with Crippen LogP contribution in [0.25, 0.3) is 33.4 Å². The van der Waals surface area contributed by atoms with E-state index < -0.39 is 0 Å². The van der Waals surface area contributed by atoms with Crippen LogP contribution in [0, 0.1) is 5.41 Å². The molecule has 0 fully saturated rings. The SMILES string of the molecule is CCCNCC(=O)c1ccc(CNC(=O)CCC(=O)c2ccccc2-c2c3ccc(=N)cc-3oc3cc(N)ccc23)cc1. The second kappa shape index (κ2) is 13.3. The molecule has 8 heteroatoms. The molecule has 0 saturated heterocycles. The van der Waals surface area contributed by atoms with E-state index in [4.69, 9.17) is 15.6 Å². The van der Waals surface area contributed by atoms with Gasteiger partial charge in [-0.2, -0.15) is 0 Å². The fourth-order valence-electron chi connectivity index (χ4n) is 5.08. The largest absolute Gasteiger partial charge is 0.456 e. The molecule has 1 aliphatic heterocycles. The summed E-state index contributed by atoms with van der Waals surface area (Å²) in [4.78, 5) is 38.4. The molecule has 0 saturated carbocycles. The summed E-state index contributed by atoms with van der Waals surface area (Å²) in [6.07, 6.45) is 1.04. The van der Waals surface area contributed by atoms with Crippen LogP contribution in [-0.2, 0) is 11.3 Å². The van der Waals surface area contributed by atoms with Crippen molar-refractivity contribution >= 4 is 34.1 Å². The smallest absolute Gasteiger partial charge is 0.220 e. The Bertz CT molecular complexity index is 1820. The van der Waals surface area contributed by atoms with Crippen molar-refractivity contribution < 1.29 is 18.8 Å². The zero-order valence-corrected chi connectivity index (χ0v) is 24.0. The van der Waals surface area contributed by atoms with Crippen LogP contribution in [0.4, 0.5) is 5.69 Å². The molecule has 3 aromatic rings. The van der Waals surface area contributed by atoms with E-state index in [-0.39, 0.29) is 30.3 Å². The Labute approximate surface area is 249 Å². The fourth-order valence-corrected chi connectivity index (χ4v) is 5.08. The van der Waals surface area contributed by atoms with Gasteiger partial charge >= 0.3 is 0 Å². The molecule has 3 aromatic carbocycles.